The molecule has 0 bridgehead atoms. The molecule has 0 aromatic rings. The number of nitrogens with zero attached hydrogens (tertiary/aromatic N) is 1. The zero-order chi connectivity index (χ0) is 10.1. The van der Waals surface area contributed by atoms with Crippen LogP contribution < -0.4 is 5.73 Å². The topological polar surface area (TPSA) is 29.3 Å². The van der Waals surface area contributed by atoms with E-state index in [4.69, 9.17) is 5.73 Å². The van der Waals surface area contributed by atoms with Crippen LogP contribution in [0.2, 0.25) is 0 Å². The van der Waals surface area contributed by atoms with Crippen LogP contribution in [0.15, 0.2) is 0 Å². The first-order valence-electron chi connectivity index (χ1n) is 5.37. The minimum Gasteiger partial charge on any atom is -0.326 e. The highest BCUT2D eigenvalue weighted by Crippen LogP contribution is 2.25. The summed E-state index contributed by atoms with van der Waals surface area (Å²) in [6, 6.07) is 1.10. The fraction of sp³-hybridized carbons (Fsp3) is 1.00. The standard InChI is InChI=1S/C11H24N2/c1-11(2,3)10(12)8-13(4)9-6-5-7-9/h9-10H,5-8,12H2,1-4H3. The van der Waals surface area contributed by atoms with Crippen molar-refractivity contribution in [3.05, 3.63) is 0 Å². The second kappa shape index (κ2) is 3.97. The Morgan fingerprint density at radius 1 is 1.38 bits per heavy atom. The van der Waals surface area contributed by atoms with Crippen LogP contribution in [0, 0.1) is 5.41 Å². The van der Waals surface area contributed by atoms with Crippen LogP contribution >= 0.6 is 0 Å². The van der Waals surface area contributed by atoms with Gasteiger partial charge in [0.05, 0.1) is 0 Å². The van der Waals surface area contributed by atoms with Crippen molar-refractivity contribution in [1.82, 2.24) is 4.90 Å². The van der Waals surface area contributed by atoms with E-state index in [1.54, 1.807) is 0 Å². The van der Waals surface area contributed by atoms with Crippen molar-refractivity contribution in [2.24, 2.45) is 11.1 Å². The van der Waals surface area contributed by atoms with Gasteiger partial charge in [-0.3, -0.25) is 0 Å². The number of likely N-dealkylation sites (N-methyl/N-ethyl adjacent to an activating group) is 1. The quantitative estimate of drug-likeness (QED) is 0.725. The Labute approximate surface area is 82.5 Å². The van der Waals surface area contributed by atoms with E-state index in [1.807, 2.05) is 0 Å². The maximum Gasteiger partial charge on any atom is 0.0217 e. The van der Waals surface area contributed by atoms with Crippen molar-refractivity contribution in [1.29, 1.82) is 0 Å². The van der Waals surface area contributed by atoms with E-state index in [0.717, 1.165) is 12.6 Å². The van der Waals surface area contributed by atoms with Gasteiger partial charge in [-0.15, -0.1) is 0 Å². The van der Waals surface area contributed by atoms with E-state index in [9.17, 15) is 0 Å². The minimum atomic E-state index is 0.234. The Bertz CT molecular complexity index is 156. The van der Waals surface area contributed by atoms with Crippen LogP contribution in [0.5, 0.6) is 0 Å². The van der Waals surface area contributed by atoms with Crippen LogP contribution in [-0.4, -0.2) is 30.6 Å². The van der Waals surface area contributed by atoms with Gasteiger partial charge in [0, 0.05) is 18.6 Å². The van der Waals surface area contributed by atoms with E-state index in [1.165, 1.54) is 19.3 Å². The number of hydrogen-bond acceptors (Lipinski definition) is 2. The maximum atomic E-state index is 6.13. The first kappa shape index (κ1) is 11.0. The van der Waals surface area contributed by atoms with Gasteiger partial charge in [-0.25, -0.2) is 0 Å². The lowest BCUT2D eigenvalue weighted by molar-refractivity contribution is 0.128. The molecule has 1 aliphatic carbocycles. The molecular weight excluding hydrogens is 160 g/mol. The van der Waals surface area contributed by atoms with Crippen molar-refractivity contribution in [2.75, 3.05) is 13.6 Å². The Morgan fingerprint density at radius 2 is 1.92 bits per heavy atom. The second-order valence-electron chi connectivity index (χ2n) is 5.50. The highest BCUT2D eigenvalue weighted by Gasteiger charge is 2.27. The van der Waals surface area contributed by atoms with Gasteiger partial charge in [0.1, 0.15) is 0 Å². The van der Waals surface area contributed by atoms with Crippen LogP contribution in [-0.2, 0) is 0 Å². The molecule has 0 heterocycles. The predicted octanol–water partition coefficient (Wildman–Crippen LogP) is 1.84. The molecule has 1 atom stereocenters. The van der Waals surface area contributed by atoms with Crippen molar-refractivity contribution < 1.29 is 0 Å². The molecule has 0 aliphatic heterocycles. The highest BCUT2D eigenvalue weighted by molar-refractivity contribution is 4.84. The van der Waals surface area contributed by atoms with E-state index >= 15 is 0 Å². The summed E-state index contributed by atoms with van der Waals surface area (Å²) in [5.41, 5.74) is 6.36. The maximum absolute atomic E-state index is 6.13. The molecule has 2 heteroatoms. The zero-order valence-electron chi connectivity index (χ0n) is 9.51. The molecule has 0 saturated heterocycles. The fourth-order valence-electron chi connectivity index (χ4n) is 1.56. The lowest BCUT2D eigenvalue weighted by atomic mass is 9.85. The Morgan fingerprint density at radius 3 is 2.23 bits per heavy atom. The zero-order valence-corrected chi connectivity index (χ0v) is 9.51. The summed E-state index contributed by atoms with van der Waals surface area (Å²) in [6.07, 6.45) is 4.14. The fourth-order valence-corrected chi connectivity index (χ4v) is 1.56. The SMILES string of the molecule is CN(CC(N)C(C)(C)C)C1CCC1. The van der Waals surface area contributed by atoms with Gasteiger partial charge < -0.3 is 10.6 Å². The molecule has 0 radical (unpaired) electrons. The Hall–Kier alpha value is -0.0800. The molecule has 2 N–H and O–H groups in total. The second-order valence-corrected chi connectivity index (χ2v) is 5.50. The molecule has 13 heavy (non-hydrogen) atoms. The minimum absolute atomic E-state index is 0.234. The summed E-state index contributed by atoms with van der Waals surface area (Å²) in [7, 11) is 2.20. The molecule has 0 aromatic carbocycles. The molecule has 0 aromatic heterocycles. The molecule has 1 unspecified atom stereocenters. The smallest absolute Gasteiger partial charge is 0.0217 e. The van der Waals surface area contributed by atoms with Crippen molar-refractivity contribution in [2.45, 2.75) is 52.1 Å². The summed E-state index contributed by atoms with van der Waals surface area (Å²) < 4.78 is 0. The summed E-state index contributed by atoms with van der Waals surface area (Å²) in [6.45, 7) is 7.68. The molecule has 78 valence electrons. The average Bonchev–Trinajstić information content (AvgIpc) is 1.79. The number of hydrogen-bond donors (Lipinski definition) is 1. The molecule has 1 saturated carbocycles. The molecule has 1 rings (SSSR count). The van der Waals surface area contributed by atoms with Crippen molar-refractivity contribution in [3.63, 3.8) is 0 Å². The number of rotatable bonds is 3. The summed E-state index contributed by atoms with van der Waals surface area (Å²) in [5, 5.41) is 0. The van der Waals surface area contributed by atoms with Gasteiger partial charge in [0.2, 0.25) is 0 Å². The van der Waals surface area contributed by atoms with Crippen molar-refractivity contribution >= 4 is 0 Å². The van der Waals surface area contributed by atoms with E-state index < -0.39 is 0 Å². The first-order chi connectivity index (χ1) is 5.91. The highest BCUT2D eigenvalue weighted by atomic mass is 15.1. The molecule has 2 nitrogen and oxygen atoms in total. The van der Waals surface area contributed by atoms with Crippen LogP contribution in [0.1, 0.15) is 40.0 Å². The van der Waals surface area contributed by atoms with Crippen LogP contribution in [0.4, 0.5) is 0 Å². The molecule has 1 aliphatic rings. The lowest BCUT2D eigenvalue weighted by Crippen LogP contribution is -2.48. The summed E-state index contributed by atoms with van der Waals surface area (Å²) >= 11 is 0. The summed E-state index contributed by atoms with van der Waals surface area (Å²) in [4.78, 5) is 2.43. The largest absolute Gasteiger partial charge is 0.326 e. The predicted molar refractivity (Wildman–Crippen MR) is 57.7 cm³/mol. The van der Waals surface area contributed by atoms with Crippen molar-refractivity contribution in [3.8, 4) is 0 Å². The Kier molecular flexibility index (Phi) is 3.36. The van der Waals surface area contributed by atoms with Gasteiger partial charge >= 0.3 is 0 Å². The molecular formula is C11H24N2. The monoisotopic (exact) mass is 184 g/mol. The van der Waals surface area contributed by atoms with E-state index in [2.05, 4.69) is 32.7 Å². The molecule has 0 amide bonds. The van der Waals surface area contributed by atoms with E-state index in [0.29, 0.717) is 0 Å². The van der Waals surface area contributed by atoms with Gasteiger partial charge in [0.15, 0.2) is 0 Å². The third-order valence-corrected chi connectivity index (χ3v) is 3.30. The average molecular weight is 184 g/mol. The van der Waals surface area contributed by atoms with Gasteiger partial charge in [-0.2, -0.15) is 0 Å². The number of nitrogens with two attached hydrogens (primary N) is 1. The first-order valence-corrected chi connectivity index (χ1v) is 5.37. The molecule has 1 fully saturated rings. The Balaban J connectivity index is 2.30. The van der Waals surface area contributed by atoms with Gasteiger partial charge in [-0.1, -0.05) is 27.2 Å². The third-order valence-electron chi connectivity index (χ3n) is 3.30. The third kappa shape index (κ3) is 2.96. The van der Waals surface area contributed by atoms with Gasteiger partial charge in [0.25, 0.3) is 0 Å². The van der Waals surface area contributed by atoms with E-state index in [-0.39, 0.29) is 11.5 Å². The van der Waals surface area contributed by atoms with Gasteiger partial charge in [-0.05, 0) is 25.3 Å². The van der Waals surface area contributed by atoms with Crippen LogP contribution in [0.25, 0.3) is 0 Å². The summed E-state index contributed by atoms with van der Waals surface area (Å²) in [5.74, 6) is 0. The molecule has 0 spiro atoms. The van der Waals surface area contributed by atoms with Crippen LogP contribution in [0.3, 0.4) is 0 Å². The lowest BCUT2D eigenvalue weighted by Gasteiger charge is -2.39. The normalized spacial score (nSPS) is 21.7.